The van der Waals surface area contributed by atoms with Gasteiger partial charge in [-0.15, -0.1) is 0 Å². The number of rotatable bonds is 6. The van der Waals surface area contributed by atoms with Crippen molar-refractivity contribution in [2.24, 2.45) is 0 Å². The van der Waals surface area contributed by atoms with Gasteiger partial charge in [0.1, 0.15) is 11.5 Å². The summed E-state index contributed by atoms with van der Waals surface area (Å²) in [6.07, 6.45) is -11.5. The van der Waals surface area contributed by atoms with Crippen LogP contribution in [0.2, 0.25) is 0 Å². The van der Waals surface area contributed by atoms with Gasteiger partial charge in [0.2, 0.25) is 5.41 Å². The number of hydrogen-bond donors (Lipinski definition) is 0. The van der Waals surface area contributed by atoms with Gasteiger partial charge in [0.25, 0.3) is 0 Å². The summed E-state index contributed by atoms with van der Waals surface area (Å²) in [5, 5.41) is 0. The predicted octanol–water partition coefficient (Wildman–Crippen LogP) is 6.53. The smallest absolute Gasteiger partial charge is 0.411 e. The summed E-state index contributed by atoms with van der Waals surface area (Å²) < 4.78 is 95.1. The minimum atomic E-state index is -5.76. The predicted molar refractivity (Wildman–Crippen MR) is 114 cm³/mol. The number of halogens is 6. The number of methoxy groups -OCH3 is 1. The van der Waals surface area contributed by atoms with E-state index < -0.39 is 34.9 Å². The third kappa shape index (κ3) is 4.87. The number of esters is 1. The van der Waals surface area contributed by atoms with Gasteiger partial charge in [-0.2, -0.15) is 26.3 Å². The number of ether oxygens (including phenoxy) is 2. The van der Waals surface area contributed by atoms with Gasteiger partial charge < -0.3 is 9.47 Å². The summed E-state index contributed by atoms with van der Waals surface area (Å²) in [5.74, 6) is -1.44. The molecule has 184 valence electrons. The molecule has 10 heteroatoms. The molecular formula is C25H18F6O4. The monoisotopic (exact) mass is 496 g/mol. The van der Waals surface area contributed by atoms with Gasteiger partial charge in [-0.05, 0) is 54.4 Å². The van der Waals surface area contributed by atoms with Gasteiger partial charge in [-0.1, -0.05) is 36.4 Å². The fourth-order valence-corrected chi connectivity index (χ4v) is 3.63. The van der Waals surface area contributed by atoms with Crippen molar-refractivity contribution in [1.29, 1.82) is 0 Å². The Labute approximate surface area is 196 Å². The van der Waals surface area contributed by atoms with Gasteiger partial charge >= 0.3 is 18.3 Å². The molecule has 0 aromatic heterocycles. The van der Waals surface area contributed by atoms with Crippen molar-refractivity contribution in [3.63, 3.8) is 0 Å². The van der Waals surface area contributed by atoms with Crippen LogP contribution in [-0.4, -0.2) is 31.2 Å². The van der Waals surface area contributed by atoms with E-state index in [0.29, 0.717) is 24.3 Å². The minimum Gasteiger partial charge on any atom is -0.497 e. The second-order valence-corrected chi connectivity index (χ2v) is 7.52. The van der Waals surface area contributed by atoms with E-state index in [1.54, 1.807) is 0 Å². The molecule has 4 nitrogen and oxygen atoms in total. The zero-order valence-corrected chi connectivity index (χ0v) is 18.3. The summed E-state index contributed by atoms with van der Waals surface area (Å²) in [4.78, 5) is 23.8. The van der Waals surface area contributed by atoms with Crippen LogP contribution >= 0.6 is 0 Å². The molecular weight excluding hydrogens is 478 g/mol. The standard InChI is InChI=1S/C25H18F6O4/c1-15(32)16-4-3-5-17(14-16)22(33)35-21-12-8-19(9-13-21)23(24(26,27)28,25(29,30)31)18-6-10-20(34-2)11-7-18/h3-14H,1-2H3. The molecule has 0 fully saturated rings. The molecule has 0 saturated heterocycles. The molecule has 35 heavy (non-hydrogen) atoms. The zero-order chi connectivity index (χ0) is 26.0. The third-order valence-electron chi connectivity index (χ3n) is 5.38. The highest BCUT2D eigenvalue weighted by atomic mass is 19.4. The normalized spacial score (nSPS) is 12.2. The second kappa shape index (κ2) is 9.44. The Morgan fingerprint density at radius 2 is 1.14 bits per heavy atom. The average Bonchev–Trinajstić information content (AvgIpc) is 2.79. The fraction of sp³-hybridized carbons (Fsp3) is 0.200. The molecule has 0 saturated carbocycles. The minimum absolute atomic E-state index is 0.0139. The Hall–Kier alpha value is -3.82. The molecule has 0 radical (unpaired) electrons. The lowest BCUT2D eigenvalue weighted by atomic mass is 9.73. The maximum Gasteiger partial charge on any atom is 0.411 e. The highest BCUT2D eigenvalue weighted by Gasteiger charge is 2.72. The number of hydrogen-bond acceptors (Lipinski definition) is 4. The molecule has 0 unspecified atom stereocenters. The molecule has 0 bridgehead atoms. The molecule has 0 amide bonds. The topological polar surface area (TPSA) is 52.6 Å². The molecule has 3 rings (SSSR count). The second-order valence-electron chi connectivity index (χ2n) is 7.52. The van der Waals surface area contributed by atoms with Crippen molar-refractivity contribution >= 4 is 11.8 Å². The Bertz CT molecular complexity index is 1200. The van der Waals surface area contributed by atoms with Crippen molar-refractivity contribution in [1.82, 2.24) is 0 Å². The third-order valence-corrected chi connectivity index (χ3v) is 5.38. The number of benzene rings is 3. The fourth-order valence-electron chi connectivity index (χ4n) is 3.63. The number of carbonyl (C=O) groups excluding carboxylic acids is 2. The maximum atomic E-state index is 14.2. The van der Waals surface area contributed by atoms with Crippen molar-refractivity contribution in [2.45, 2.75) is 24.7 Å². The quantitative estimate of drug-likeness (QED) is 0.169. The van der Waals surface area contributed by atoms with Crippen LogP contribution in [0.1, 0.15) is 38.8 Å². The van der Waals surface area contributed by atoms with E-state index in [9.17, 15) is 35.9 Å². The summed E-state index contributed by atoms with van der Waals surface area (Å²) >= 11 is 0. The summed E-state index contributed by atoms with van der Waals surface area (Å²) in [6.45, 7) is 1.29. The number of Topliss-reactive ketones (excluding diaryl/α,β-unsaturated/α-hetero) is 1. The van der Waals surface area contributed by atoms with Crippen LogP contribution in [0, 0.1) is 0 Å². The zero-order valence-electron chi connectivity index (χ0n) is 18.3. The van der Waals surface area contributed by atoms with Crippen molar-refractivity contribution in [3.8, 4) is 11.5 Å². The van der Waals surface area contributed by atoms with Crippen LogP contribution in [0.15, 0.2) is 72.8 Å². The lowest BCUT2D eigenvalue weighted by molar-refractivity contribution is -0.288. The Morgan fingerprint density at radius 1 is 0.686 bits per heavy atom. The Kier molecular flexibility index (Phi) is 6.96. The molecule has 0 atom stereocenters. The first-order valence-electron chi connectivity index (χ1n) is 10.0. The van der Waals surface area contributed by atoms with E-state index >= 15 is 0 Å². The molecule has 0 heterocycles. The van der Waals surface area contributed by atoms with Gasteiger partial charge in [-0.25, -0.2) is 4.79 Å². The van der Waals surface area contributed by atoms with E-state index in [-0.39, 0.29) is 28.4 Å². The molecule has 0 aliphatic carbocycles. The lowest BCUT2D eigenvalue weighted by Gasteiger charge is -2.38. The highest BCUT2D eigenvalue weighted by Crippen LogP contribution is 2.56. The van der Waals surface area contributed by atoms with Crippen molar-refractivity contribution in [3.05, 3.63) is 95.1 Å². The maximum absolute atomic E-state index is 14.2. The number of ketones is 1. The summed E-state index contributed by atoms with van der Waals surface area (Å²) in [6, 6.07) is 11.9. The van der Waals surface area contributed by atoms with Crippen molar-refractivity contribution in [2.75, 3.05) is 7.11 Å². The molecule has 0 aliphatic rings. The van der Waals surface area contributed by atoms with E-state index in [1.165, 1.54) is 38.3 Å². The SMILES string of the molecule is COc1ccc(C(c2ccc(OC(=O)c3cccc(C(C)=O)c3)cc2)(C(F)(F)F)C(F)(F)F)cc1. The largest absolute Gasteiger partial charge is 0.497 e. The summed E-state index contributed by atoms with van der Waals surface area (Å²) in [5.41, 5.74) is -6.29. The van der Waals surface area contributed by atoms with E-state index in [4.69, 9.17) is 9.47 Å². The van der Waals surface area contributed by atoms with Gasteiger partial charge in [0.05, 0.1) is 12.7 Å². The molecule has 0 spiro atoms. The first kappa shape index (κ1) is 25.8. The molecule has 0 aliphatic heterocycles. The number of alkyl halides is 6. The Morgan fingerprint density at radius 3 is 1.57 bits per heavy atom. The van der Waals surface area contributed by atoms with Crippen molar-refractivity contribution < 1.29 is 45.4 Å². The van der Waals surface area contributed by atoms with Crippen LogP contribution in [0.5, 0.6) is 11.5 Å². The summed E-state index contributed by atoms with van der Waals surface area (Å²) in [7, 11) is 1.23. The van der Waals surface area contributed by atoms with Gasteiger partial charge in [0.15, 0.2) is 5.78 Å². The van der Waals surface area contributed by atoms with Crippen LogP contribution in [0.3, 0.4) is 0 Å². The molecule has 0 N–H and O–H groups in total. The van der Waals surface area contributed by atoms with Crippen LogP contribution in [-0.2, 0) is 5.41 Å². The van der Waals surface area contributed by atoms with E-state index in [0.717, 1.165) is 24.3 Å². The lowest BCUT2D eigenvalue weighted by Crippen LogP contribution is -2.54. The van der Waals surface area contributed by atoms with Gasteiger partial charge in [-0.3, -0.25) is 4.79 Å². The molecule has 3 aromatic carbocycles. The first-order valence-corrected chi connectivity index (χ1v) is 10.0. The highest BCUT2D eigenvalue weighted by molar-refractivity contribution is 5.98. The first-order chi connectivity index (χ1) is 16.3. The van der Waals surface area contributed by atoms with Gasteiger partial charge in [0, 0.05) is 5.56 Å². The Balaban J connectivity index is 2.02. The van der Waals surface area contributed by atoms with Crippen LogP contribution in [0.25, 0.3) is 0 Å². The molecule has 3 aromatic rings. The van der Waals surface area contributed by atoms with Crippen LogP contribution in [0.4, 0.5) is 26.3 Å². The number of carbonyl (C=O) groups is 2. The average molecular weight is 496 g/mol. The van der Waals surface area contributed by atoms with E-state index in [1.807, 2.05) is 0 Å². The van der Waals surface area contributed by atoms with E-state index in [2.05, 4.69) is 0 Å². The van der Waals surface area contributed by atoms with Crippen LogP contribution < -0.4 is 9.47 Å².